The van der Waals surface area contributed by atoms with E-state index in [-0.39, 0.29) is 5.91 Å². The van der Waals surface area contributed by atoms with Crippen molar-refractivity contribution in [3.8, 4) is 0 Å². The van der Waals surface area contributed by atoms with Gasteiger partial charge in [-0.1, -0.05) is 20.8 Å². The molecule has 0 aromatic carbocycles. The molecule has 3 amide bonds. The van der Waals surface area contributed by atoms with E-state index in [0.29, 0.717) is 19.4 Å². The van der Waals surface area contributed by atoms with E-state index >= 15 is 0 Å². The zero-order valence-corrected chi connectivity index (χ0v) is 14.2. The Morgan fingerprint density at radius 1 is 1.29 bits per heavy atom. The van der Waals surface area contributed by atoms with E-state index in [0.717, 1.165) is 0 Å². The lowest BCUT2D eigenvalue weighted by Crippen LogP contribution is -2.57. The molecule has 0 spiro atoms. The Balaban J connectivity index is 2.82. The van der Waals surface area contributed by atoms with E-state index in [2.05, 4.69) is 5.32 Å². The maximum atomic E-state index is 12.5. The summed E-state index contributed by atoms with van der Waals surface area (Å²) in [7, 11) is 0. The molecular weight excluding hydrogens is 322 g/mol. The van der Waals surface area contributed by atoms with Gasteiger partial charge in [0.15, 0.2) is 0 Å². The van der Waals surface area contributed by atoms with Crippen LogP contribution in [0.5, 0.6) is 0 Å². The van der Waals surface area contributed by atoms with Crippen molar-refractivity contribution >= 4 is 17.7 Å². The second kappa shape index (κ2) is 7.87. The van der Waals surface area contributed by atoms with Gasteiger partial charge in [-0.25, -0.2) is 8.78 Å². The first-order valence-corrected chi connectivity index (χ1v) is 7.89. The molecule has 0 unspecified atom stereocenters. The molecule has 0 aliphatic carbocycles. The summed E-state index contributed by atoms with van der Waals surface area (Å²) in [5, 5.41) is 2.22. The number of hydrogen-bond acceptors (Lipinski definition) is 4. The maximum absolute atomic E-state index is 12.5. The number of carbonyl (C=O) groups is 3. The number of halogens is 2. The first-order valence-electron chi connectivity index (χ1n) is 7.89. The molecule has 0 radical (unpaired) electrons. The third-order valence-corrected chi connectivity index (χ3v) is 4.11. The molecule has 1 rings (SSSR count). The summed E-state index contributed by atoms with van der Waals surface area (Å²) in [6, 6.07) is -3.09. The summed E-state index contributed by atoms with van der Waals surface area (Å²) < 4.78 is 24.9. The van der Waals surface area contributed by atoms with Gasteiger partial charge in [-0.15, -0.1) is 0 Å². The highest BCUT2D eigenvalue weighted by atomic mass is 19.3. The average molecular weight is 348 g/mol. The Morgan fingerprint density at radius 2 is 1.88 bits per heavy atom. The van der Waals surface area contributed by atoms with Gasteiger partial charge in [-0.3, -0.25) is 14.4 Å². The summed E-state index contributed by atoms with van der Waals surface area (Å²) in [4.78, 5) is 37.4. The fourth-order valence-electron chi connectivity index (χ4n) is 2.54. The van der Waals surface area contributed by atoms with Gasteiger partial charge in [0, 0.05) is 13.0 Å². The van der Waals surface area contributed by atoms with Crippen molar-refractivity contribution < 1.29 is 23.2 Å². The number of rotatable bonds is 6. The fourth-order valence-corrected chi connectivity index (χ4v) is 2.54. The monoisotopic (exact) mass is 348 g/mol. The zero-order valence-electron chi connectivity index (χ0n) is 14.2. The van der Waals surface area contributed by atoms with Crippen LogP contribution in [0.2, 0.25) is 0 Å². The normalized spacial score (nSPS) is 20.8. The van der Waals surface area contributed by atoms with Crippen molar-refractivity contribution in [2.24, 2.45) is 16.9 Å². The largest absolute Gasteiger partial charge is 0.368 e. The predicted octanol–water partition coefficient (Wildman–Crippen LogP) is -0.0239. The second-order valence-corrected chi connectivity index (χ2v) is 7.12. The lowest BCUT2D eigenvalue weighted by Gasteiger charge is -2.33. The van der Waals surface area contributed by atoms with Gasteiger partial charge in [-0.05, 0) is 18.3 Å². The summed E-state index contributed by atoms with van der Waals surface area (Å²) in [5.74, 6) is -2.07. The van der Waals surface area contributed by atoms with Crippen molar-refractivity contribution in [1.82, 2.24) is 10.2 Å². The van der Waals surface area contributed by atoms with Crippen molar-refractivity contribution in [1.29, 1.82) is 0 Å². The summed E-state index contributed by atoms with van der Waals surface area (Å²) >= 11 is 0. The topological polar surface area (TPSA) is 119 Å². The van der Waals surface area contributed by atoms with Crippen LogP contribution in [0.4, 0.5) is 8.78 Å². The first kappa shape index (κ1) is 20.3. The van der Waals surface area contributed by atoms with Gasteiger partial charge in [0.25, 0.3) is 0 Å². The van der Waals surface area contributed by atoms with E-state index in [9.17, 15) is 23.2 Å². The number of nitrogens with two attached hydrogens (primary N) is 2. The summed E-state index contributed by atoms with van der Waals surface area (Å²) in [6.45, 7) is 5.79. The van der Waals surface area contributed by atoms with Gasteiger partial charge < -0.3 is 21.7 Å². The molecule has 0 aromatic heterocycles. The minimum Gasteiger partial charge on any atom is -0.368 e. The molecule has 9 heteroatoms. The number of likely N-dealkylation sites (tertiary alicyclic amines) is 1. The molecule has 1 saturated heterocycles. The Bertz CT molecular complexity index is 494. The number of nitrogens with one attached hydrogen (secondary N) is 1. The molecule has 1 fully saturated rings. The van der Waals surface area contributed by atoms with Crippen molar-refractivity contribution in [2.75, 3.05) is 6.54 Å². The molecule has 5 N–H and O–H groups in total. The second-order valence-electron chi connectivity index (χ2n) is 7.12. The minimum absolute atomic E-state index is 0.358. The van der Waals surface area contributed by atoms with Gasteiger partial charge in [-0.2, -0.15) is 0 Å². The number of amides is 3. The summed E-state index contributed by atoms with van der Waals surface area (Å²) in [6.07, 6.45) is -2.66. The SMILES string of the molecule is CC(C)(C)[C@H](N)C(=O)N1CCC[C@H]1C(=O)N[C@@H](CC(F)F)C(N)=O. The van der Waals surface area contributed by atoms with Gasteiger partial charge in [0.2, 0.25) is 24.1 Å². The van der Waals surface area contributed by atoms with Crippen LogP contribution >= 0.6 is 0 Å². The Hall–Kier alpha value is -1.77. The van der Waals surface area contributed by atoms with Crippen molar-refractivity contribution in [2.45, 2.75) is 64.6 Å². The van der Waals surface area contributed by atoms with Crippen molar-refractivity contribution in [3.63, 3.8) is 0 Å². The van der Waals surface area contributed by atoms with E-state index in [1.54, 1.807) is 0 Å². The Labute approximate surface area is 140 Å². The molecule has 138 valence electrons. The lowest BCUT2D eigenvalue weighted by molar-refractivity contribution is -0.142. The molecule has 0 bridgehead atoms. The third kappa shape index (κ3) is 5.12. The predicted molar refractivity (Wildman–Crippen MR) is 83.9 cm³/mol. The molecule has 0 aromatic rings. The van der Waals surface area contributed by atoms with E-state index in [1.165, 1.54) is 4.90 Å². The van der Waals surface area contributed by atoms with Crippen LogP contribution in [-0.2, 0) is 14.4 Å². The van der Waals surface area contributed by atoms with E-state index < -0.39 is 48.2 Å². The molecule has 24 heavy (non-hydrogen) atoms. The Kier molecular flexibility index (Phi) is 6.65. The molecule has 1 aliphatic rings. The average Bonchev–Trinajstić information content (AvgIpc) is 2.92. The van der Waals surface area contributed by atoms with Crippen LogP contribution in [0, 0.1) is 5.41 Å². The number of nitrogens with zero attached hydrogens (tertiary/aromatic N) is 1. The van der Waals surface area contributed by atoms with Crippen LogP contribution in [0.25, 0.3) is 0 Å². The first-order chi connectivity index (χ1) is 10.9. The number of carbonyl (C=O) groups excluding carboxylic acids is 3. The number of alkyl halides is 2. The molecule has 1 aliphatic heterocycles. The van der Waals surface area contributed by atoms with Gasteiger partial charge in [0.05, 0.1) is 6.04 Å². The van der Waals surface area contributed by atoms with Gasteiger partial charge >= 0.3 is 0 Å². The molecule has 3 atom stereocenters. The van der Waals surface area contributed by atoms with Crippen LogP contribution in [-0.4, -0.2) is 53.7 Å². The van der Waals surface area contributed by atoms with Crippen LogP contribution < -0.4 is 16.8 Å². The van der Waals surface area contributed by atoms with Crippen molar-refractivity contribution in [3.05, 3.63) is 0 Å². The smallest absolute Gasteiger partial charge is 0.243 e. The Morgan fingerprint density at radius 3 is 2.33 bits per heavy atom. The van der Waals surface area contributed by atoms with Crippen LogP contribution in [0.15, 0.2) is 0 Å². The van der Waals surface area contributed by atoms with E-state index in [4.69, 9.17) is 11.5 Å². The standard InChI is InChI=1S/C15H26F2N4O3/c1-15(2,3)11(18)14(24)21-6-4-5-9(21)13(23)20-8(12(19)22)7-10(16)17/h8-11H,4-7,18H2,1-3H3,(H2,19,22)(H,20,23)/t8-,9-,11+/m0/s1. The molecule has 1 heterocycles. The fraction of sp³-hybridized carbons (Fsp3) is 0.800. The highest BCUT2D eigenvalue weighted by Crippen LogP contribution is 2.24. The lowest BCUT2D eigenvalue weighted by atomic mass is 9.86. The highest BCUT2D eigenvalue weighted by molar-refractivity contribution is 5.93. The zero-order chi connectivity index (χ0) is 18.7. The van der Waals surface area contributed by atoms with E-state index in [1.807, 2.05) is 20.8 Å². The minimum atomic E-state index is -2.78. The number of hydrogen-bond donors (Lipinski definition) is 3. The molecule has 7 nitrogen and oxygen atoms in total. The van der Waals surface area contributed by atoms with Crippen LogP contribution in [0.3, 0.4) is 0 Å². The molecular formula is C15H26F2N4O3. The third-order valence-electron chi connectivity index (χ3n) is 4.11. The van der Waals surface area contributed by atoms with Gasteiger partial charge in [0.1, 0.15) is 12.1 Å². The highest BCUT2D eigenvalue weighted by Gasteiger charge is 2.40. The summed E-state index contributed by atoms with van der Waals surface area (Å²) in [5.41, 5.74) is 10.5. The molecule has 0 saturated carbocycles. The number of primary amides is 1. The quantitative estimate of drug-likeness (QED) is 0.625. The van der Waals surface area contributed by atoms with Crippen LogP contribution in [0.1, 0.15) is 40.0 Å². The maximum Gasteiger partial charge on any atom is 0.243 e.